The summed E-state index contributed by atoms with van der Waals surface area (Å²) in [5, 5.41) is 2.78. The van der Waals surface area contributed by atoms with Crippen LogP contribution in [0, 0.1) is 5.82 Å². The Morgan fingerprint density at radius 2 is 1.82 bits per heavy atom. The highest BCUT2D eigenvalue weighted by Gasteiger charge is 2.37. The number of carbonyl (C=O) groups excluding carboxylic acids is 1. The smallest absolute Gasteiger partial charge is 0.312 e. The number of likely N-dealkylation sites (N-methyl/N-ethyl adjacent to an activating group) is 1. The quantitative estimate of drug-likeness (QED) is 0.392. The molecule has 38 heavy (non-hydrogen) atoms. The van der Waals surface area contributed by atoms with Crippen molar-refractivity contribution in [2.75, 3.05) is 30.4 Å². The molecule has 10 heteroatoms. The Balaban J connectivity index is 1.19. The number of rotatable bonds is 6. The van der Waals surface area contributed by atoms with Crippen molar-refractivity contribution in [3.63, 3.8) is 0 Å². The fourth-order valence-corrected chi connectivity index (χ4v) is 5.45. The zero-order valence-electron chi connectivity index (χ0n) is 21.6. The van der Waals surface area contributed by atoms with E-state index in [9.17, 15) is 9.18 Å². The molecule has 6 rings (SSSR count). The highest BCUT2D eigenvalue weighted by molar-refractivity contribution is 6.00. The summed E-state index contributed by atoms with van der Waals surface area (Å²) in [6, 6.07) is 11.2. The fourth-order valence-electron chi connectivity index (χ4n) is 5.45. The molecule has 196 valence electrons. The van der Waals surface area contributed by atoms with Gasteiger partial charge in [-0.25, -0.2) is 19.3 Å². The Morgan fingerprint density at radius 1 is 1.08 bits per heavy atom. The Hall–Kier alpha value is -4.05. The lowest BCUT2D eigenvalue weighted by atomic mass is 10.1. The number of oxazole rings is 1. The second-order valence-corrected chi connectivity index (χ2v) is 10.3. The monoisotopic (exact) mass is 515 g/mol. The van der Waals surface area contributed by atoms with Crippen molar-refractivity contribution < 1.29 is 13.6 Å². The number of aromatic nitrogens is 4. The minimum Gasteiger partial charge on any atom is -0.440 e. The number of hydrogen-bond donors (Lipinski definition) is 1. The Kier molecular flexibility index (Phi) is 6.19. The van der Waals surface area contributed by atoms with Gasteiger partial charge in [-0.15, -0.1) is 0 Å². The van der Waals surface area contributed by atoms with E-state index in [-0.39, 0.29) is 17.7 Å². The number of imidazole rings is 1. The highest BCUT2D eigenvalue weighted by atomic mass is 19.1. The molecule has 0 saturated carbocycles. The van der Waals surface area contributed by atoms with Gasteiger partial charge in [0.2, 0.25) is 0 Å². The summed E-state index contributed by atoms with van der Waals surface area (Å²) < 4.78 is 21.0. The van der Waals surface area contributed by atoms with Gasteiger partial charge >= 0.3 is 5.91 Å². The highest BCUT2D eigenvalue weighted by Crippen LogP contribution is 2.33. The molecule has 9 nitrogen and oxygen atoms in total. The standard InChI is InChI=1S/C28H30FN7O2/c1-17(2)36-16-31-25(18-4-6-19(29)7-5-18)26(36)23-15-38-28(32-23)27(37)33-24-11-10-20(12-30-24)35-13-21-8-9-22(14-35)34(21)3/h4-7,10-12,15-17,21-22H,8-9,13-14H2,1-3H3,(H,30,33,37). The van der Waals surface area contributed by atoms with Crippen molar-refractivity contribution in [3.05, 3.63) is 66.9 Å². The molecule has 0 spiro atoms. The number of carbonyl (C=O) groups is 1. The summed E-state index contributed by atoms with van der Waals surface area (Å²) in [6.07, 6.45) is 7.43. The summed E-state index contributed by atoms with van der Waals surface area (Å²) in [7, 11) is 2.21. The molecule has 2 aliphatic heterocycles. The van der Waals surface area contributed by atoms with E-state index in [0.29, 0.717) is 35.0 Å². The molecule has 0 aliphatic carbocycles. The molecule has 0 radical (unpaired) electrons. The first-order valence-electron chi connectivity index (χ1n) is 12.9. The van der Waals surface area contributed by atoms with Gasteiger partial charge < -0.3 is 19.2 Å². The average Bonchev–Trinajstić information content (AvgIpc) is 3.61. The number of halogens is 1. The number of fused-ring (bicyclic) bond motifs is 2. The van der Waals surface area contributed by atoms with Crippen LogP contribution in [0.4, 0.5) is 15.9 Å². The van der Waals surface area contributed by atoms with E-state index in [1.165, 1.54) is 31.2 Å². The number of benzene rings is 1. The maximum Gasteiger partial charge on any atom is 0.312 e. The lowest BCUT2D eigenvalue weighted by Gasteiger charge is -2.40. The Morgan fingerprint density at radius 3 is 2.47 bits per heavy atom. The van der Waals surface area contributed by atoms with Crippen molar-refractivity contribution in [1.29, 1.82) is 0 Å². The number of pyridine rings is 1. The Labute approximate surface area is 220 Å². The van der Waals surface area contributed by atoms with E-state index in [1.807, 2.05) is 24.5 Å². The van der Waals surface area contributed by atoms with E-state index < -0.39 is 5.91 Å². The fraction of sp³-hybridized carbons (Fsp3) is 0.357. The topological polar surface area (TPSA) is 92.3 Å². The predicted molar refractivity (Wildman–Crippen MR) is 142 cm³/mol. The zero-order chi connectivity index (χ0) is 26.4. The molecule has 1 N–H and O–H groups in total. The van der Waals surface area contributed by atoms with Gasteiger partial charge in [-0.1, -0.05) is 0 Å². The van der Waals surface area contributed by atoms with E-state index in [1.54, 1.807) is 30.7 Å². The van der Waals surface area contributed by atoms with Gasteiger partial charge in [0, 0.05) is 36.8 Å². The SMILES string of the molecule is CC(C)n1cnc(-c2ccc(F)cc2)c1-c1coc(C(=O)Nc2ccc(N3CC4CCC(C3)N4C)cn2)n1. The molecule has 1 aromatic carbocycles. The summed E-state index contributed by atoms with van der Waals surface area (Å²) in [5.41, 5.74) is 3.59. The molecule has 2 bridgehead atoms. The van der Waals surface area contributed by atoms with Crippen LogP contribution in [0.3, 0.4) is 0 Å². The van der Waals surface area contributed by atoms with Crippen LogP contribution < -0.4 is 10.2 Å². The minimum absolute atomic E-state index is 0.0805. The summed E-state index contributed by atoms with van der Waals surface area (Å²) in [4.78, 5) is 31.3. The second-order valence-electron chi connectivity index (χ2n) is 10.3. The molecule has 2 aliphatic rings. The minimum atomic E-state index is -0.493. The van der Waals surface area contributed by atoms with Gasteiger partial charge in [0.15, 0.2) is 0 Å². The number of nitrogens with one attached hydrogen (secondary N) is 1. The van der Waals surface area contributed by atoms with Gasteiger partial charge in [0.1, 0.15) is 23.6 Å². The third kappa shape index (κ3) is 4.45. The number of piperazine rings is 1. The summed E-state index contributed by atoms with van der Waals surface area (Å²) >= 11 is 0. The first kappa shape index (κ1) is 24.3. The van der Waals surface area contributed by atoms with E-state index in [0.717, 1.165) is 24.3 Å². The van der Waals surface area contributed by atoms with E-state index in [2.05, 4.69) is 37.1 Å². The normalized spacial score (nSPS) is 19.3. The van der Waals surface area contributed by atoms with Crippen LogP contribution in [0.5, 0.6) is 0 Å². The molecule has 3 aromatic heterocycles. The van der Waals surface area contributed by atoms with Gasteiger partial charge in [0.05, 0.1) is 29.6 Å². The molecule has 2 fully saturated rings. The van der Waals surface area contributed by atoms with E-state index >= 15 is 0 Å². The molecule has 2 saturated heterocycles. The molecular weight excluding hydrogens is 485 g/mol. The number of amides is 1. The van der Waals surface area contributed by atoms with Crippen molar-refractivity contribution >= 4 is 17.4 Å². The molecule has 2 unspecified atom stereocenters. The van der Waals surface area contributed by atoms with Crippen LogP contribution in [-0.4, -0.2) is 62.5 Å². The molecule has 1 amide bonds. The summed E-state index contributed by atoms with van der Waals surface area (Å²) in [5.74, 6) is -0.470. The van der Waals surface area contributed by atoms with Crippen LogP contribution in [0.25, 0.3) is 22.6 Å². The molecule has 2 atom stereocenters. The largest absolute Gasteiger partial charge is 0.440 e. The zero-order valence-corrected chi connectivity index (χ0v) is 21.6. The predicted octanol–water partition coefficient (Wildman–Crippen LogP) is 4.86. The lowest BCUT2D eigenvalue weighted by Crippen LogP contribution is -2.52. The van der Waals surface area contributed by atoms with Crippen molar-refractivity contribution in [2.24, 2.45) is 0 Å². The molecule has 4 aromatic rings. The van der Waals surface area contributed by atoms with Gasteiger partial charge in [-0.2, -0.15) is 0 Å². The maximum atomic E-state index is 13.5. The number of nitrogens with zero attached hydrogens (tertiary/aromatic N) is 6. The summed E-state index contributed by atoms with van der Waals surface area (Å²) in [6.45, 7) is 6.03. The van der Waals surface area contributed by atoms with Crippen LogP contribution in [0.1, 0.15) is 43.4 Å². The molecule has 5 heterocycles. The number of anilines is 2. The molecular formula is C28H30FN7O2. The van der Waals surface area contributed by atoms with Gasteiger partial charge in [-0.3, -0.25) is 9.69 Å². The van der Waals surface area contributed by atoms with Gasteiger partial charge in [0.25, 0.3) is 5.89 Å². The second kappa shape index (κ2) is 9.68. The van der Waals surface area contributed by atoms with Crippen LogP contribution in [0.15, 0.2) is 59.6 Å². The maximum absolute atomic E-state index is 13.5. The van der Waals surface area contributed by atoms with Crippen molar-refractivity contribution in [2.45, 2.75) is 44.8 Å². The van der Waals surface area contributed by atoms with Crippen LogP contribution in [0.2, 0.25) is 0 Å². The van der Waals surface area contributed by atoms with Crippen LogP contribution in [-0.2, 0) is 0 Å². The van der Waals surface area contributed by atoms with Crippen LogP contribution >= 0.6 is 0 Å². The first-order valence-corrected chi connectivity index (χ1v) is 12.9. The van der Waals surface area contributed by atoms with Crippen molar-refractivity contribution in [3.8, 4) is 22.6 Å². The van der Waals surface area contributed by atoms with E-state index in [4.69, 9.17) is 4.42 Å². The number of hydrogen-bond acceptors (Lipinski definition) is 7. The van der Waals surface area contributed by atoms with Gasteiger partial charge in [-0.05, 0) is 70.1 Å². The lowest BCUT2D eigenvalue weighted by molar-refractivity contribution is 0.0990. The Bertz CT molecular complexity index is 1430. The average molecular weight is 516 g/mol. The third-order valence-corrected chi connectivity index (χ3v) is 7.61. The van der Waals surface area contributed by atoms with Crippen molar-refractivity contribution in [1.82, 2.24) is 24.4 Å². The third-order valence-electron chi connectivity index (χ3n) is 7.61. The first-order chi connectivity index (χ1) is 18.4.